The zero-order valence-corrected chi connectivity index (χ0v) is 17.1. The highest BCUT2D eigenvalue weighted by molar-refractivity contribution is 5.80. The van der Waals surface area contributed by atoms with Gasteiger partial charge in [-0.2, -0.15) is 0 Å². The average Bonchev–Trinajstić information content (AvgIpc) is 3.02. The van der Waals surface area contributed by atoms with Crippen molar-refractivity contribution in [3.63, 3.8) is 0 Å². The van der Waals surface area contributed by atoms with Gasteiger partial charge >= 0.3 is 0 Å². The molecule has 1 amide bonds. The van der Waals surface area contributed by atoms with Crippen molar-refractivity contribution < 1.29 is 9.53 Å². The fraction of sp³-hybridized carbons (Fsp3) is 0.900. The predicted octanol–water partition coefficient (Wildman–Crippen LogP) is 2.54. The first-order valence-electron chi connectivity index (χ1n) is 10.4. The number of carbonyl (C=O) groups excluding carboxylic acids is 1. The Morgan fingerprint density at radius 3 is 2.77 bits per heavy atom. The lowest BCUT2D eigenvalue weighted by Gasteiger charge is -2.52. The zero-order valence-electron chi connectivity index (χ0n) is 17.1. The zero-order chi connectivity index (χ0) is 19.0. The van der Waals surface area contributed by atoms with Crippen molar-refractivity contribution in [3.8, 4) is 0 Å². The van der Waals surface area contributed by atoms with E-state index in [0.29, 0.717) is 24.5 Å². The molecular formula is C20H38N4O2. The molecule has 2 aliphatic rings. The van der Waals surface area contributed by atoms with E-state index in [9.17, 15) is 4.79 Å². The normalized spacial score (nSPS) is 25.3. The minimum atomic E-state index is 0.117. The number of hydrogen-bond acceptors (Lipinski definition) is 3. The van der Waals surface area contributed by atoms with Gasteiger partial charge in [-0.25, -0.2) is 0 Å². The van der Waals surface area contributed by atoms with E-state index in [0.717, 1.165) is 64.4 Å². The van der Waals surface area contributed by atoms with Gasteiger partial charge in [0.1, 0.15) is 0 Å². The number of nitrogens with zero attached hydrogens (tertiary/aromatic N) is 2. The van der Waals surface area contributed by atoms with Gasteiger partial charge in [0.2, 0.25) is 5.91 Å². The summed E-state index contributed by atoms with van der Waals surface area (Å²) in [5.74, 6) is 1.18. The molecule has 1 saturated heterocycles. The molecule has 1 heterocycles. The summed E-state index contributed by atoms with van der Waals surface area (Å²) in [4.78, 5) is 18.3. The maximum atomic E-state index is 11.6. The van der Waals surface area contributed by atoms with Gasteiger partial charge in [-0.05, 0) is 32.6 Å². The molecule has 1 saturated carbocycles. The Balaban J connectivity index is 1.75. The molecule has 150 valence electrons. The highest BCUT2D eigenvalue weighted by atomic mass is 16.5. The molecule has 2 atom stereocenters. The van der Waals surface area contributed by atoms with Gasteiger partial charge in [-0.1, -0.05) is 27.2 Å². The lowest BCUT2D eigenvalue weighted by atomic mass is 9.64. The third kappa shape index (κ3) is 5.60. The van der Waals surface area contributed by atoms with Crippen molar-refractivity contribution in [2.24, 2.45) is 10.4 Å². The fourth-order valence-corrected chi connectivity index (χ4v) is 3.66. The number of likely N-dealkylation sites (tertiary alicyclic amines) is 1. The summed E-state index contributed by atoms with van der Waals surface area (Å²) in [7, 11) is 0. The molecule has 0 aromatic carbocycles. The summed E-state index contributed by atoms with van der Waals surface area (Å²) in [6, 6.07) is 0.382. The summed E-state index contributed by atoms with van der Waals surface area (Å²) in [5, 5.41) is 6.92. The van der Waals surface area contributed by atoms with Gasteiger partial charge in [-0.15, -0.1) is 0 Å². The van der Waals surface area contributed by atoms with Crippen molar-refractivity contribution >= 4 is 11.9 Å². The lowest BCUT2D eigenvalue weighted by Crippen LogP contribution is -2.63. The summed E-state index contributed by atoms with van der Waals surface area (Å²) in [6.07, 6.45) is 6.30. The molecular weight excluding hydrogens is 328 g/mol. The summed E-state index contributed by atoms with van der Waals surface area (Å²) in [6.45, 7) is 13.0. The molecule has 0 aromatic heterocycles. The third-order valence-electron chi connectivity index (χ3n) is 5.68. The molecule has 1 aliphatic carbocycles. The van der Waals surface area contributed by atoms with Crippen LogP contribution in [0.4, 0.5) is 0 Å². The molecule has 0 radical (unpaired) electrons. The number of hydrogen-bond donors (Lipinski definition) is 2. The fourth-order valence-electron chi connectivity index (χ4n) is 3.66. The van der Waals surface area contributed by atoms with Gasteiger partial charge in [0, 0.05) is 50.7 Å². The number of nitrogens with one attached hydrogen (secondary N) is 2. The van der Waals surface area contributed by atoms with E-state index >= 15 is 0 Å². The van der Waals surface area contributed by atoms with E-state index in [4.69, 9.17) is 9.73 Å². The molecule has 1 aliphatic heterocycles. The van der Waals surface area contributed by atoms with Crippen LogP contribution >= 0.6 is 0 Å². The van der Waals surface area contributed by atoms with E-state index < -0.39 is 0 Å². The quantitative estimate of drug-likeness (QED) is 0.354. The Bertz CT molecular complexity index is 478. The largest absolute Gasteiger partial charge is 0.378 e. The minimum absolute atomic E-state index is 0.117. The second-order valence-electron chi connectivity index (χ2n) is 8.07. The molecule has 0 aromatic rings. The topological polar surface area (TPSA) is 66.0 Å². The second-order valence-corrected chi connectivity index (χ2v) is 8.07. The van der Waals surface area contributed by atoms with E-state index in [1.165, 1.54) is 6.42 Å². The Morgan fingerprint density at radius 2 is 2.15 bits per heavy atom. The van der Waals surface area contributed by atoms with Gasteiger partial charge < -0.3 is 20.3 Å². The van der Waals surface area contributed by atoms with Gasteiger partial charge in [0.05, 0.1) is 6.10 Å². The van der Waals surface area contributed by atoms with Crippen LogP contribution in [0.3, 0.4) is 0 Å². The van der Waals surface area contributed by atoms with Crippen molar-refractivity contribution in [1.82, 2.24) is 15.5 Å². The Morgan fingerprint density at radius 1 is 1.35 bits per heavy atom. The van der Waals surface area contributed by atoms with E-state index in [2.05, 4.69) is 38.3 Å². The Kier molecular flexibility index (Phi) is 8.19. The Labute approximate surface area is 159 Å². The number of ether oxygens (including phenoxy) is 1. The smallest absolute Gasteiger partial charge is 0.222 e. The molecule has 2 unspecified atom stereocenters. The van der Waals surface area contributed by atoms with Crippen molar-refractivity contribution in [2.45, 2.75) is 78.4 Å². The Hall–Kier alpha value is -1.30. The summed E-state index contributed by atoms with van der Waals surface area (Å²) in [5.41, 5.74) is 0.117. The van der Waals surface area contributed by atoms with Crippen LogP contribution in [0.5, 0.6) is 0 Å². The van der Waals surface area contributed by atoms with Crippen LogP contribution in [0.25, 0.3) is 0 Å². The monoisotopic (exact) mass is 366 g/mol. The van der Waals surface area contributed by atoms with E-state index in [1.807, 2.05) is 4.90 Å². The average molecular weight is 367 g/mol. The van der Waals surface area contributed by atoms with Crippen LogP contribution in [0.1, 0.15) is 66.2 Å². The number of rotatable bonds is 10. The van der Waals surface area contributed by atoms with Crippen LogP contribution < -0.4 is 10.6 Å². The number of aliphatic imine (C=N–C) groups is 1. The van der Waals surface area contributed by atoms with E-state index in [-0.39, 0.29) is 5.41 Å². The highest BCUT2D eigenvalue weighted by Gasteiger charge is 2.49. The third-order valence-corrected chi connectivity index (χ3v) is 5.68. The van der Waals surface area contributed by atoms with Crippen LogP contribution in [-0.2, 0) is 9.53 Å². The minimum Gasteiger partial charge on any atom is -0.378 e. The molecule has 0 bridgehead atoms. The molecule has 6 nitrogen and oxygen atoms in total. The summed E-state index contributed by atoms with van der Waals surface area (Å²) < 4.78 is 6.03. The number of amides is 1. The van der Waals surface area contributed by atoms with E-state index in [1.54, 1.807) is 0 Å². The molecule has 0 spiro atoms. The molecule has 6 heteroatoms. The highest BCUT2D eigenvalue weighted by Crippen LogP contribution is 2.42. The number of carbonyl (C=O) groups is 1. The first kappa shape index (κ1) is 21.0. The maximum Gasteiger partial charge on any atom is 0.222 e. The second kappa shape index (κ2) is 10.1. The van der Waals surface area contributed by atoms with Gasteiger partial charge in [0.25, 0.3) is 0 Å². The van der Waals surface area contributed by atoms with Crippen LogP contribution in [0.15, 0.2) is 4.99 Å². The van der Waals surface area contributed by atoms with Crippen LogP contribution in [0, 0.1) is 5.41 Å². The van der Waals surface area contributed by atoms with Gasteiger partial charge in [-0.3, -0.25) is 9.79 Å². The van der Waals surface area contributed by atoms with Crippen LogP contribution in [-0.4, -0.2) is 61.7 Å². The van der Waals surface area contributed by atoms with Gasteiger partial charge in [0.15, 0.2) is 5.96 Å². The first-order valence-corrected chi connectivity index (χ1v) is 10.4. The van der Waals surface area contributed by atoms with Crippen LogP contribution in [0.2, 0.25) is 0 Å². The molecule has 2 rings (SSSR count). The maximum absolute atomic E-state index is 11.6. The molecule has 2 N–H and O–H groups in total. The molecule has 2 fully saturated rings. The van der Waals surface area contributed by atoms with Crippen molar-refractivity contribution in [1.29, 1.82) is 0 Å². The van der Waals surface area contributed by atoms with Crippen molar-refractivity contribution in [2.75, 3.05) is 32.8 Å². The summed E-state index contributed by atoms with van der Waals surface area (Å²) >= 11 is 0. The number of guanidine groups is 1. The first-order chi connectivity index (χ1) is 12.5. The predicted molar refractivity (Wildman–Crippen MR) is 106 cm³/mol. The number of unbranched alkanes of at least 4 members (excludes halogenated alkanes) is 1. The van der Waals surface area contributed by atoms with Crippen molar-refractivity contribution in [3.05, 3.63) is 0 Å². The standard InChI is InChI=1S/C20H38N4O2/c1-5-7-14-26-17-15-16(20(17,3)4)23-19(21-6-2)22-11-9-13-24-12-8-10-18(24)25/h16-17H,5-15H2,1-4H3,(H2,21,22,23). The SMILES string of the molecule is CCCCOC1CC(NC(=NCCCN2CCCC2=O)NCC)C1(C)C. The molecule has 26 heavy (non-hydrogen) atoms. The lowest BCUT2D eigenvalue weighted by molar-refractivity contribution is -0.127.